The molecule has 1 amide bonds. The highest BCUT2D eigenvalue weighted by atomic mass is 16.2. The highest BCUT2D eigenvalue weighted by Gasteiger charge is 2.41. The third-order valence-electron chi connectivity index (χ3n) is 4.91. The molecule has 0 spiro atoms. The van der Waals surface area contributed by atoms with Gasteiger partial charge in [0, 0.05) is 6.04 Å². The third-order valence-corrected chi connectivity index (χ3v) is 4.91. The summed E-state index contributed by atoms with van der Waals surface area (Å²) in [6, 6.07) is 0.593. The normalized spacial score (nSPS) is 28.9. The molecule has 2 unspecified atom stereocenters. The molecule has 1 saturated heterocycles. The van der Waals surface area contributed by atoms with Crippen LogP contribution in [0.5, 0.6) is 0 Å². The lowest BCUT2D eigenvalue weighted by Gasteiger charge is -2.32. The lowest BCUT2D eigenvalue weighted by molar-refractivity contribution is -0.132. The molecule has 1 aliphatic carbocycles. The zero-order valence-electron chi connectivity index (χ0n) is 13.4. The van der Waals surface area contributed by atoms with Crippen LogP contribution in [-0.4, -0.2) is 29.1 Å². The quantitative estimate of drug-likeness (QED) is 0.750. The molecular formula is C17H32N2O. The van der Waals surface area contributed by atoms with Crippen molar-refractivity contribution in [1.82, 2.24) is 10.2 Å². The number of unbranched alkanes of at least 4 members (excludes halogenated alkanes) is 1. The number of nitrogens with one attached hydrogen (secondary N) is 1. The number of carbonyl (C=O) groups excluding carboxylic acids is 1. The number of hydrogen-bond acceptors (Lipinski definition) is 2. The minimum Gasteiger partial charge on any atom is -0.323 e. The van der Waals surface area contributed by atoms with Gasteiger partial charge in [0.25, 0.3) is 0 Å². The van der Waals surface area contributed by atoms with Gasteiger partial charge in [-0.05, 0) is 25.7 Å². The van der Waals surface area contributed by atoms with Crippen LogP contribution in [0, 0.1) is 0 Å². The molecule has 2 aliphatic rings. The molecule has 0 radical (unpaired) electrons. The van der Waals surface area contributed by atoms with Crippen LogP contribution >= 0.6 is 0 Å². The van der Waals surface area contributed by atoms with Gasteiger partial charge in [-0.2, -0.15) is 0 Å². The van der Waals surface area contributed by atoms with E-state index in [-0.39, 0.29) is 6.04 Å². The number of rotatable bonds is 6. The zero-order valence-corrected chi connectivity index (χ0v) is 13.4. The summed E-state index contributed by atoms with van der Waals surface area (Å²) < 4.78 is 0. The van der Waals surface area contributed by atoms with Crippen molar-refractivity contribution in [2.45, 2.75) is 103 Å². The molecule has 2 atom stereocenters. The van der Waals surface area contributed by atoms with Gasteiger partial charge in [-0.25, -0.2) is 0 Å². The minimum atomic E-state index is 0.0924. The van der Waals surface area contributed by atoms with Gasteiger partial charge >= 0.3 is 0 Å². The van der Waals surface area contributed by atoms with Gasteiger partial charge in [0.1, 0.15) is 0 Å². The largest absolute Gasteiger partial charge is 0.323 e. The maximum absolute atomic E-state index is 12.8. The van der Waals surface area contributed by atoms with Crippen LogP contribution in [0.1, 0.15) is 84.5 Å². The van der Waals surface area contributed by atoms with E-state index in [4.69, 9.17) is 0 Å². The van der Waals surface area contributed by atoms with Crippen LogP contribution in [0.15, 0.2) is 0 Å². The van der Waals surface area contributed by atoms with Gasteiger partial charge in [0.2, 0.25) is 5.91 Å². The fourth-order valence-electron chi connectivity index (χ4n) is 3.80. The summed E-state index contributed by atoms with van der Waals surface area (Å²) in [6.45, 7) is 4.42. The average Bonchev–Trinajstić information content (AvgIpc) is 2.64. The first-order chi connectivity index (χ1) is 9.77. The SMILES string of the molecule is CCCCC1NC(CCC)N(C2CCCCCC2)C1=O. The summed E-state index contributed by atoms with van der Waals surface area (Å²) in [5.74, 6) is 0.392. The molecule has 3 nitrogen and oxygen atoms in total. The monoisotopic (exact) mass is 280 g/mol. The van der Waals surface area contributed by atoms with E-state index >= 15 is 0 Å². The second kappa shape index (κ2) is 8.02. The molecule has 0 aromatic carbocycles. The Morgan fingerprint density at radius 2 is 1.75 bits per heavy atom. The van der Waals surface area contributed by atoms with Crippen molar-refractivity contribution in [3.63, 3.8) is 0 Å². The van der Waals surface area contributed by atoms with Crippen molar-refractivity contribution in [3.8, 4) is 0 Å². The molecule has 0 aromatic rings. The van der Waals surface area contributed by atoms with Crippen LogP contribution in [-0.2, 0) is 4.79 Å². The van der Waals surface area contributed by atoms with E-state index in [1.807, 2.05) is 0 Å². The van der Waals surface area contributed by atoms with E-state index in [0.717, 1.165) is 25.7 Å². The Kier molecular flexibility index (Phi) is 6.34. The van der Waals surface area contributed by atoms with Gasteiger partial charge in [0.05, 0.1) is 12.2 Å². The number of carbonyl (C=O) groups is 1. The summed E-state index contributed by atoms with van der Waals surface area (Å²) in [5.41, 5.74) is 0. The van der Waals surface area contributed by atoms with Crippen molar-refractivity contribution >= 4 is 5.91 Å². The first kappa shape index (κ1) is 15.8. The van der Waals surface area contributed by atoms with Crippen LogP contribution in [0.3, 0.4) is 0 Å². The van der Waals surface area contributed by atoms with Gasteiger partial charge in [-0.1, -0.05) is 58.8 Å². The second-order valence-corrected chi connectivity index (χ2v) is 6.56. The number of amides is 1. The highest BCUT2D eigenvalue weighted by Crippen LogP contribution is 2.28. The molecule has 116 valence electrons. The van der Waals surface area contributed by atoms with E-state index in [9.17, 15) is 4.79 Å². The van der Waals surface area contributed by atoms with E-state index in [1.54, 1.807) is 0 Å². The average molecular weight is 280 g/mol. The van der Waals surface area contributed by atoms with E-state index in [2.05, 4.69) is 24.1 Å². The van der Waals surface area contributed by atoms with Crippen LogP contribution in [0.2, 0.25) is 0 Å². The topological polar surface area (TPSA) is 32.3 Å². The third kappa shape index (κ3) is 3.75. The molecule has 1 heterocycles. The van der Waals surface area contributed by atoms with Crippen molar-refractivity contribution < 1.29 is 4.79 Å². The molecule has 3 heteroatoms. The van der Waals surface area contributed by atoms with E-state index < -0.39 is 0 Å². The Hall–Kier alpha value is -0.570. The lowest BCUT2D eigenvalue weighted by Crippen LogP contribution is -2.44. The number of hydrogen-bond donors (Lipinski definition) is 1. The Morgan fingerprint density at radius 1 is 1.05 bits per heavy atom. The minimum absolute atomic E-state index is 0.0924. The van der Waals surface area contributed by atoms with Crippen molar-refractivity contribution in [2.75, 3.05) is 0 Å². The molecule has 1 N–H and O–H groups in total. The Morgan fingerprint density at radius 3 is 2.35 bits per heavy atom. The van der Waals surface area contributed by atoms with Crippen LogP contribution in [0.25, 0.3) is 0 Å². The summed E-state index contributed by atoms with van der Waals surface area (Å²) in [4.78, 5) is 15.0. The van der Waals surface area contributed by atoms with E-state index in [1.165, 1.54) is 44.9 Å². The first-order valence-electron chi connectivity index (χ1n) is 8.86. The van der Waals surface area contributed by atoms with Crippen molar-refractivity contribution in [3.05, 3.63) is 0 Å². The molecule has 2 fully saturated rings. The molecule has 2 rings (SSSR count). The summed E-state index contributed by atoms with van der Waals surface area (Å²) in [6.07, 6.45) is 13.6. The first-order valence-corrected chi connectivity index (χ1v) is 8.86. The maximum atomic E-state index is 12.8. The Balaban J connectivity index is 2.03. The molecule has 1 saturated carbocycles. The highest BCUT2D eigenvalue weighted by molar-refractivity contribution is 5.84. The molecular weight excluding hydrogens is 248 g/mol. The van der Waals surface area contributed by atoms with Crippen LogP contribution < -0.4 is 5.32 Å². The fourth-order valence-corrected chi connectivity index (χ4v) is 3.80. The van der Waals surface area contributed by atoms with Gasteiger partial charge in [-0.15, -0.1) is 0 Å². The maximum Gasteiger partial charge on any atom is 0.241 e. The van der Waals surface area contributed by atoms with E-state index in [0.29, 0.717) is 18.1 Å². The fraction of sp³-hybridized carbons (Fsp3) is 0.941. The zero-order chi connectivity index (χ0) is 14.4. The Bertz CT molecular complexity index is 297. The summed E-state index contributed by atoms with van der Waals surface area (Å²) in [5, 5.41) is 3.62. The smallest absolute Gasteiger partial charge is 0.241 e. The predicted octanol–water partition coefficient (Wildman–Crippen LogP) is 3.83. The second-order valence-electron chi connectivity index (χ2n) is 6.56. The van der Waals surface area contributed by atoms with Gasteiger partial charge in [0.15, 0.2) is 0 Å². The Labute approximate surface area is 124 Å². The summed E-state index contributed by atoms with van der Waals surface area (Å²) >= 11 is 0. The summed E-state index contributed by atoms with van der Waals surface area (Å²) in [7, 11) is 0. The molecule has 1 aliphatic heterocycles. The van der Waals surface area contributed by atoms with Gasteiger partial charge in [-0.3, -0.25) is 10.1 Å². The lowest BCUT2D eigenvalue weighted by atomic mass is 10.0. The van der Waals surface area contributed by atoms with Gasteiger partial charge < -0.3 is 4.90 Å². The van der Waals surface area contributed by atoms with Crippen LogP contribution in [0.4, 0.5) is 0 Å². The van der Waals surface area contributed by atoms with Crippen molar-refractivity contribution in [1.29, 1.82) is 0 Å². The molecule has 20 heavy (non-hydrogen) atoms. The number of nitrogens with zero attached hydrogens (tertiary/aromatic N) is 1. The molecule has 0 bridgehead atoms. The standard InChI is InChI=1S/C17H32N2O/c1-3-5-13-15-17(20)19(16(18-15)10-4-2)14-11-8-6-7-9-12-14/h14-16,18H,3-13H2,1-2H3. The predicted molar refractivity (Wildman–Crippen MR) is 83.5 cm³/mol. The molecule has 0 aromatic heterocycles. The van der Waals surface area contributed by atoms with Crippen molar-refractivity contribution in [2.24, 2.45) is 0 Å².